The molecular weight excluding hydrogens is 288 g/mol. The Balaban J connectivity index is 1.64. The largest absolute Gasteiger partial charge is 0.348 e. The van der Waals surface area contributed by atoms with Crippen LogP contribution < -0.4 is 10.6 Å². The van der Waals surface area contributed by atoms with E-state index in [-0.39, 0.29) is 17.7 Å². The molecule has 3 rings (SSSR count). The number of hydrogen-bond donors (Lipinski definition) is 2. The number of carbonyl (C=O) groups excluding carboxylic acids is 1. The zero-order chi connectivity index (χ0) is 14.9. The van der Waals surface area contributed by atoms with Gasteiger partial charge >= 0.3 is 0 Å². The lowest BCUT2D eigenvalue weighted by atomic mass is 10.0. The first-order valence-electron chi connectivity index (χ1n) is 7.38. The number of nitrogens with one attached hydrogen (secondary N) is 2. The van der Waals surface area contributed by atoms with E-state index in [0.717, 1.165) is 12.5 Å². The van der Waals surface area contributed by atoms with E-state index >= 15 is 0 Å². The second-order valence-electron chi connectivity index (χ2n) is 5.84. The van der Waals surface area contributed by atoms with E-state index in [0.29, 0.717) is 23.4 Å². The fourth-order valence-electron chi connectivity index (χ4n) is 2.70. The Labute approximate surface area is 125 Å². The maximum Gasteiger partial charge on any atom is 0.234 e. The molecule has 5 nitrogen and oxygen atoms in total. The first-order valence-corrected chi connectivity index (χ1v) is 9.03. The summed E-state index contributed by atoms with van der Waals surface area (Å²) >= 11 is 0. The van der Waals surface area contributed by atoms with Crippen LogP contribution in [0.25, 0.3) is 0 Å². The standard InChI is InChI=1S/C15H20N2O3S/c18-15(10-16-9-11-5-6-11)17-13-7-8-21(19,20)14-4-2-1-3-12(13)14/h1-4,11,13,16H,5-10H2,(H,17,18). The average Bonchev–Trinajstić information content (AvgIpc) is 3.27. The average molecular weight is 308 g/mol. The Morgan fingerprint density at radius 3 is 2.71 bits per heavy atom. The topological polar surface area (TPSA) is 75.3 Å². The molecule has 1 heterocycles. The molecule has 1 aromatic carbocycles. The molecule has 0 saturated heterocycles. The second-order valence-corrected chi connectivity index (χ2v) is 7.92. The Morgan fingerprint density at radius 2 is 1.95 bits per heavy atom. The van der Waals surface area contributed by atoms with E-state index in [4.69, 9.17) is 0 Å². The highest BCUT2D eigenvalue weighted by Gasteiger charge is 2.30. The lowest BCUT2D eigenvalue weighted by Crippen LogP contribution is -2.39. The minimum Gasteiger partial charge on any atom is -0.348 e. The molecule has 1 fully saturated rings. The fourth-order valence-corrected chi connectivity index (χ4v) is 4.32. The predicted octanol–water partition coefficient (Wildman–Crippen LogP) is 1.02. The van der Waals surface area contributed by atoms with Crippen LogP contribution in [0.15, 0.2) is 29.2 Å². The van der Waals surface area contributed by atoms with Crippen molar-refractivity contribution in [1.82, 2.24) is 10.6 Å². The van der Waals surface area contributed by atoms with Gasteiger partial charge in [0.25, 0.3) is 0 Å². The molecule has 6 heteroatoms. The van der Waals surface area contributed by atoms with Crippen molar-refractivity contribution in [3.8, 4) is 0 Å². The highest BCUT2D eigenvalue weighted by Crippen LogP contribution is 2.31. The smallest absolute Gasteiger partial charge is 0.234 e. The van der Waals surface area contributed by atoms with Crippen LogP contribution in [0, 0.1) is 5.92 Å². The molecule has 1 saturated carbocycles. The number of carbonyl (C=O) groups is 1. The van der Waals surface area contributed by atoms with Crippen molar-refractivity contribution < 1.29 is 13.2 Å². The number of amides is 1. The van der Waals surface area contributed by atoms with Crippen LogP contribution in [0.2, 0.25) is 0 Å². The highest BCUT2D eigenvalue weighted by atomic mass is 32.2. The van der Waals surface area contributed by atoms with Gasteiger partial charge in [-0.3, -0.25) is 4.79 Å². The van der Waals surface area contributed by atoms with E-state index in [2.05, 4.69) is 10.6 Å². The zero-order valence-corrected chi connectivity index (χ0v) is 12.7. The van der Waals surface area contributed by atoms with Gasteiger partial charge in [0.2, 0.25) is 5.91 Å². The van der Waals surface area contributed by atoms with Crippen molar-refractivity contribution in [2.45, 2.75) is 30.2 Å². The second kappa shape index (κ2) is 5.77. The number of benzene rings is 1. The summed E-state index contributed by atoms with van der Waals surface area (Å²) in [5.41, 5.74) is 0.708. The molecule has 1 aromatic rings. The maximum absolute atomic E-state index is 12.0. The summed E-state index contributed by atoms with van der Waals surface area (Å²) in [6.45, 7) is 1.19. The third-order valence-corrected chi connectivity index (χ3v) is 5.87. The van der Waals surface area contributed by atoms with Crippen molar-refractivity contribution >= 4 is 15.7 Å². The monoisotopic (exact) mass is 308 g/mol. The van der Waals surface area contributed by atoms with Crippen molar-refractivity contribution in [2.75, 3.05) is 18.8 Å². The lowest BCUT2D eigenvalue weighted by molar-refractivity contribution is -0.121. The summed E-state index contributed by atoms with van der Waals surface area (Å²) < 4.78 is 24.1. The van der Waals surface area contributed by atoms with Crippen LogP contribution in [0.4, 0.5) is 0 Å². The Morgan fingerprint density at radius 1 is 1.19 bits per heavy atom. The molecule has 0 spiro atoms. The van der Waals surface area contributed by atoms with E-state index in [9.17, 15) is 13.2 Å². The van der Waals surface area contributed by atoms with Gasteiger partial charge in [-0.15, -0.1) is 0 Å². The molecule has 114 valence electrons. The van der Waals surface area contributed by atoms with Gasteiger partial charge in [-0.1, -0.05) is 18.2 Å². The highest BCUT2D eigenvalue weighted by molar-refractivity contribution is 7.91. The van der Waals surface area contributed by atoms with Crippen LogP contribution in [-0.4, -0.2) is 33.2 Å². The van der Waals surface area contributed by atoms with Crippen LogP contribution >= 0.6 is 0 Å². The molecule has 1 aliphatic heterocycles. The Bertz CT molecular complexity index is 638. The van der Waals surface area contributed by atoms with E-state index in [1.54, 1.807) is 18.2 Å². The van der Waals surface area contributed by atoms with E-state index in [1.807, 2.05) is 6.07 Å². The van der Waals surface area contributed by atoms with Gasteiger partial charge in [-0.05, 0) is 43.4 Å². The molecular formula is C15H20N2O3S. The number of rotatable bonds is 5. The molecule has 2 aliphatic rings. The molecule has 1 atom stereocenters. The molecule has 0 aromatic heterocycles. The zero-order valence-electron chi connectivity index (χ0n) is 11.8. The summed E-state index contributed by atoms with van der Waals surface area (Å²) in [6, 6.07) is 6.73. The number of hydrogen-bond acceptors (Lipinski definition) is 4. The third-order valence-electron chi connectivity index (χ3n) is 4.06. The van der Waals surface area contributed by atoms with Gasteiger partial charge < -0.3 is 10.6 Å². The first kappa shape index (κ1) is 14.5. The van der Waals surface area contributed by atoms with Gasteiger partial charge in [0, 0.05) is 0 Å². The molecule has 1 amide bonds. The van der Waals surface area contributed by atoms with Crippen LogP contribution in [0.3, 0.4) is 0 Å². The van der Waals surface area contributed by atoms with Crippen molar-refractivity contribution in [3.63, 3.8) is 0 Å². The van der Waals surface area contributed by atoms with Crippen LogP contribution in [0.1, 0.15) is 30.9 Å². The molecule has 1 unspecified atom stereocenters. The van der Waals surface area contributed by atoms with E-state index in [1.165, 1.54) is 12.8 Å². The molecule has 2 N–H and O–H groups in total. The summed E-state index contributed by atoms with van der Waals surface area (Å²) in [5.74, 6) is 0.748. The van der Waals surface area contributed by atoms with Gasteiger partial charge in [0.15, 0.2) is 9.84 Å². The minimum atomic E-state index is -3.20. The van der Waals surface area contributed by atoms with Crippen LogP contribution in [0.5, 0.6) is 0 Å². The molecule has 1 aliphatic carbocycles. The summed E-state index contributed by atoms with van der Waals surface area (Å²) in [7, 11) is -3.20. The number of fused-ring (bicyclic) bond motifs is 1. The van der Waals surface area contributed by atoms with E-state index < -0.39 is 9.84 Å². The number of sulfone groups is 1. The fraction of sp³-hybridized carbons (Fsp3) is 0.533. The summed E-state index contributed by atoms with van der Waals surface area (Å²) in [4.78, 5) is 12.3. The molecule has 0 radical (unpaired) electrons. The Hall–Kier alpha value is -1.40. The predicted molar refractivity (Wildman–Crippen MR) is 79.6 cm³/mol. The van der Waals surface area contributed by atoms with Crippen molar-refractivity contribution in [1.29, 1.82) is 0 Å². The van der Waals surface area contributed by atoms with Gasteiger partial charge in [0.1, 0.15) is 0 Å². The quantitative estimate of drug-likeness (QED) is 0.851. The maximum atomic E-state index is 12.0. The summed E-state index contributed by atoms with van der Waals surface area (Å²) in [5, 5.41) is 6.09. The minimum absolute atomic E-state index is 0.0743. The van der Waals surface area contributed by atoms with Crippen molar-refractivity contribution in [3.05, 3.63) is 29.8 Å². The summed E-state index contributed by atoms with van der Waals surface area (Å²) in [6.07, 6.45) is 2.94. The molecule has 0 bridgehead atoms. The Kier molecular flexibility index (Phi) is 3.99. The lowest BCUT2D eigenvalue weighted by Gasteiger charge is -2.26. The molecule has 21 heavy (non-hydrogen) atoms. The van der Waals surface area contributed by atoms with Gasteiger partial charge in [-0.25, -0.2) is 8.42 Å². The van der Waals surface area contributed by atoms with Gasteiger partial charge in [0.05, 0.1) is 23.2 Å². The van der Waals surface area contributed by atoms with Crippen molar-refractivity contribution in [2.24, 2.45) is 5.92 Å². The van der Waals surface area contributed by atoms with Gasteiger partial charge in [-0.2, -0.15) is 0 Å². The van der Waals surface area contributed by atoms with Crippen LogP contribution in [-0.2, 0) is 14.6 Å². The normalized spacial score (nSPS) is 23.3. The SMILES string of the molecule is O=C(CNCC1CC1)NC1CCS(=O)(=O)c2ccccc21. The first-order chi connectivity index (χ1) is 10.1. The third kappa shape index (κ3) is 3.44.